The molecule has 0 aliphatic carbocycles. The van der Waals surface area contributed by atoms with E-state index in [0.29, 0.717) is 5.58 Å². The van der Waals surface area contributed by atoms with Gasteiger partial charge in [-0.2, -0.15) is 0 Å². The number of likely N-dealkylation sites (tertiary alicyclic amines) is 1. The highest BCUT2D eigenvalue weighted by molar-refractivity contribution is 5.82. The van der Waals surface area contributed by atoms with Crippen LogP contribution in [-0.4, -0.2) is 18.2 Å². The van der Waals surface area contributed by atoms with Crippen LogP contribution in [0.15, 0.2) is 27.4 Å². The molecule has 1 aromatic heterocycles. The van der Waals surface area contributed by atoms with E-state index in [2.05, 4.69) is 13.8 Å². The second-order valence-corrected chi connectivity index (χ2v) is 7.20. The maximum Gasteiger partial charge on any atom is 0.336 e. The van der Waals surface area contributed by atoms with Crippen molar-refractivity contribution in [3.8, 4) is 5.75 Å². The largest absolute Gasteiger partial charge is 0.508 e. The lowest BCUT2D eigenvalue weighted by Crippen LogP contribution is -3.13. The van der Waals surface area contributed by atoms with Crippen LogP contribution in [-0.2, 0) is 13.0 Å². The van der Waals surface area contributed by atoms with Crippen molar-refractivity contribution >= 4 is 11.0 Å². The molecule has 1 saturated heterocycles. The fraction of sp³-hybridized carbons (Fsp3) is 0.526. The van der Waals surface area contributed by atoms with Gasteiger partial charge in [-0.3, -0.25) is 0 Å². The number of hydrogen-bond donors (Lipinski definition) is 2. The van der Waals surface area contributed by atoms with Crippen LogP contribution in [0.4, 0.5) is 0 Å². The first-order valence-corrected chi connectivity index (χ1v) is 8.58. The standard InChI is InChI=1S/C19H25NO3/c1-4-14-6-16-15(7-19(22)23-18(16)8-17(14)21)11-20-9-12(2)5-13(3)10-20/h6-8,12-13,21H,4-5,9-11H2,1-3H3/p+1/t12-,13+. The van der Waals surface area contributed by atoms with Crippen LogP contribution in [0.1, 0.15) is 38.3 Å². The topological polar surface area (TPSA) is 54.9 Å². The van der Waals surface area contributed by atoms with E-state index >= 15 is 0 Å². The van der Waals surface area contributed by atoms with Gasteiger partial charge in [-0.05, 0) is 24.5 Å². The molecule has 23 heavy (non-hydrogen) atoms. The maximum atomic E-state index is 11.9. The highest BCUT2D eigenvalue weighted by Gasteiger charge is 2.26. The summed E-state index contributed by atoms with van der Waals surface area (Å²) < 4.78 is 5.29. The first-order valence-electron chi connectivity index (χ1n) is 8.58. The molecule has 2 N–H and O–H groups in total. The number of hydrogen-bond acceptors (Lipinski definition) is 3. The van der Waals surface area contributed by atoms with E-state index < -0.39 is 0 Å². The van der Waals surface area contributed by atoms with Crippen LogP contribution in [0.3, 0.4) is 0 Å². The lowest BCUT2D eigenvalue weighted by molar-refractivity contribution is -0.925. The molecule has 1 aromatic carbocycles. The highest BCUT2D eigenvalue weighted by Crippen LogP contribution is 2.26. The molecular formula is C19H26NO3+. The van der Waals surface area contributed by atoms with E-state index in [1.165, 1.54) is 11.3 Å². The van der Waals surface area contributed by atoms with Crippen molar-refractivity contribution < 1.29 is 14.4 Å². The van der Waals surface area contributed by atoms with Crippen LogP contribution < -0.4 is 10.5 Å². The van der Waals surface area contributed by atoms with Crippen molar-refractivity contribution in [3.63, 3.8) is 0 Å². The van der Waals surface area contributed by atoms with E-state index in [0.717, 1.165) is 54.4 Å². The van der Waals surface area contributed by atoms with Crippen LogP contribution in [0.25, 0.3) is 11.0 Å². The molecule has 0 amide bonds. The fourth-order valence-corrected chi connectivity index (χ4v) is 4.07. The van der Waals surface area contributed by atoms with Crippen molar-refractivity contribution in [3.05, 3.63) is 39.7 Å². The Kier molecular flexibility index (Phi) is 4.44. The normalized spacial score (nSPS) is 24.9. The number of phenols is 1. The highest BCUT2D eigenvalue weighted by atomic mass is 16.4. The van der Waals surface area contributed by atoms with Gasteiger partial charge in [0.15, 0.2) is 0 Å². The van der Waals surface area contributed by atoms with Crippen molar-refractivity contribution in [1.82, 2.24) is 0 Å². The van der Waals surface area contributed by atoms with E-state index in [1.54, 1.807) is 12.1 Å². The molecule has 3 atom stereocenters. The molecule has 0 bridgehead atoms. The van der Waals surface area contributed by atoms with Gasteiger partial charge in [0.1, 0.15) is 17.9 Å². The third-order valence-electron chi connectivity index (χ3n) is 4.93. The van der Waals surface area contributed by atoms with Gasteiger partial charge in [-0.1, -0.05) is 20.8 Å². The smallest absolute Gasteiger partial charge is 0.336 e. The third kappa shape index (κ3) is 3.42. The average molecular weight is 316 g/mol. The number of quaternary nitrogens is 1. The average Bonchev–Trinajstić information content (AvgIpc) is 2.45. The van der Waals surface area contributed by atoms with Crippen LogP contribution in [0, 0.1) is 11.8 Å². The first kappa shape index (κ1) is 16.1. The number of phenolic OH excluding ortho intramolecular Hbond substituents is 1. The summed E-state index contributed by atoms with van der Waals surface area (Å²) in [7, 11) is 0. The minimum Gasteiger partial charge on any atom is -0.508 e. The van der Waals surface area contributed by atoms with Crippen molar-refractivity contribution in [1.29, 1.82) is 0 Å². The lowest BCUT2D eigenvalue weighted by atomic mass is 9.91. The second-order valence-electron chi connectivity index (χ2n) is 7.20. The van der Waals surface area contributed by atoms with Crippen LogP contribution in [0.2, 0.25) is 0 Å². The molecule has 4 nitrogen and oxygen atoms in total. The fourth-order valence-electron chi connectivity index (χ4n) is 4.07. The molecule has 1 fully saturated rings. The van der Waals surface area contributed by atoms with Crippen LogP contribution in [0.5, 0.6) is 5.75 Å². The quantitative estimate of drug-likeness (QED) is 0.853. The Balaban J connectivity index is 2.00. The summed E-state index contributed by atoms with van der Waals surface area (Å²) in [5, 5.41) is 11.0. The van der Waals surface area contributed by atoms with Gasteiger partial charge in [0.05, 0.1) is 13.1 Å². The van der Waals surface area contributed by atoms with Gasteiger partial charge in [0.2, 0.25) is 0 Å². The van der Waals surface area contributed by atoms with Crippen molar-refractivity contribution in [2.24, 2.45) is 11.8 Å². The van der Waals surface area contributed by atoms with Crippen molar-refractivity contribution in [2.45, 2.75) is 40.2 Å². The van der Waals surface area contributed by atoms with E-state index in [4.69, 9.17) is 4.42 Å². The van der Waals surface area contributed by atoms with Gasteiger partial charge >= 0.3 is 5.63 Å². The second kappa shape index (κ2) is 6.36. The summed E-state index contributed by atoms with van der Waals surface area (Å²) in [4.78, 5) is 13.4. The van der Waals surface area contributed by atoms with Crippen molar-refractivity contribution in [2.75, 3.05) is 13.1 Å². The zero-order valence-electron chi connectivity index (χ0n) is 14.2. The molecule has 1 unspecified atom stereocenters. The molecule has 0 saturated carbocycles. The Labute approximate surface area is 136 Å². The Morgan fingerprint density at radius 3 is 2.52 bits per heavy atom. The Morgan fingerprint density at radius 1 is 1.17 bits per heavy atom. The predicted molar refractivity (Wildman–Crippen MR) is 90.9 cm³/mol. The van der Waals surface area contributed by atoms with Gasteiger partial charge < -0.3 is 14.4 Å². The predicted octanol–water partition coefficient (Wildman–Crippen LogP) is 2.12. The molecular weight excluding hydrogens is 290 g/mol. The number of piperidine rings is 1. The SMILES string of the molecule is CCc1cc2c(C[NH+]3C[C@H](C)C[C@H](C)C3)cc(=O)oc2cc1O. The Hall–Kier alpha value is -1.81. The summed E-state index contributed by atoms with van der Waals surface area (Å²) in [6, 6.07) is 5.17. The number of benzene rings is 1. The lowest BCUT2D eigenvalue weighted by Gasteiger charge is -2.32. The van der Waals surface area contributed by atoms with Crippen LogP contribution >= 0.6 is 0 Å². The molecule has 2 aromatic rings. The first-order chi connectivity index (χ1) is 11.0. The molecule has 4 heteroatoms. The zero-order chi connectivity index (χ0) is 16.6. The van der Waals surface area contributed by atoms with E-state index in [9.17, 15) is 9.90 Å². The molecule has 0 radical (unpaired) electrons. The summed E-state index contributed by atoms with van der Waals surface area (Å²) in [6.45, 7) is 9.75. The third-order valence-corrected chi connectivity index (χ3v) is 4.93. The molecule has 1 aliphatic heterocycles. The molecule has 3 rings (SSSR count). The van der Waals surface area contributed by atoms with Gasteiger partial charge in [0.25, 0.3) is 0 Å². The van der Waals surface area contributed by atoms with Gasteiger partial charge in [0, 0.05) is 34.9 Å². The summed E-state index contributed by atoms with van der Waals surface area (Å²) in [5.41, 5.74) is 2.07. The molecule has 124 valence electrons. The number of fused-ring (bicyclic) bond motifs is 1. The minimum absolute atomic E-state index is 0.202. The summed E-state index contributed by atoms with van der Waals surface area (Å²) in [6.07, 6.45) is 2.04. The number of aryl methyl sites for hydroxylation is 1. The van der Waals surface area contributed by atoms with Gasteiger partial charge in [-0.15, -0.1) is 0 Å². The zero-order valence-corrected chi connectivity index (χ0v) is 14.2. The van der Waals surface area contributed by atoms with Gasteiger partial charge in [-0.25, -0.2) is 4.79 Å². The summed E-state index contributed by atoms with van der Waals surface area (Å²) >= 11 is 0. The maximum absolute atomic E-state index is 11.9. The summed E-state index contributed by atoms with van der Waals surface area (Å²) in [5.74, 6) is 1.64. The number of aromatic hydroxyl groups is 1. The minimum atomic E-state index is -0.339. The molecule has 1 aliphatic rings. The molecule has 2 heterocycles. The Morgan fingerprint density at radius 2 is 1.87 bits per heavy atom. The van der Waals surface area contributed by atoms with E-state index in [-0.39, 0.29) is 11.4 Å². The van der Waals surface area contributed by atoms with E-state index in [1.807, 2.05) is 13.0 Å². The number of nitrogens with one attached hydrogen (secondary N) is 1. The Bertz CT molecular complexity index is 755. The number of rotatable bonds is 3. The molecule has 0 spiro atoms. The monoisotopic (exact) mass is 316 g/mol.